The smallest absolute Gasteiger partial charge is 0.242 e. The molecular weight excluding hydrogens is 216 g/mol. The molecule has 0 unspecified atom stereocenters. The summed E-state index contributed by atoms with van der Waals surface area (Å²) < 4.78 is 1.84. The average Bonchev–Trinajstić information content (AvgIpc) is 2.62. The summed E-state index contributed by atoms with van der Waals surface area (Å²) in [5, 5.41) is 8.53. The number of hydrogen-bond donors (Lipinski definition) is 0. The topological polar surface area (TPSA) is 61.9 Å². The number of carbonyl (C=O) groups excluding carboxylic acids is 1. The van der Waals surface area contributed by atoms with Crippen LogP contribution in [-0.4, -0.2) is 33.4 Å². The molecule has 1 aromatic rings. The molecule has 0 fully saturated rings. The second-order valence-electron chi connectivity index (χ2n) is 3.92. The molecule has 1 aromatic heterocycles. The van der Waals surface area contributed by atoms with Gasteiger partial charge in [-0.15, -0.1) is 0 Å². The normalized spacial score (nSPS) is 10.0. The van der Waals surface area contributed by atoms with Crippen molar-refractivity contribution in [2.24, 2.45) is 0 Å². The van der Waals surface area contributed by atoms with Crippen molar-refractivity contribution in [3.63, 3.8) is 0 Å². The van der Waals surface area contributed by atoms with Crippen molar-refractivity contribution < 1.29 is 4.79 Å². The van der Waals surface area contributed by atoms with Crippen LogP contribution in [0.5, 0.6) is 0 Å². The summed E-state index contributed by atoms with van der Waals surface area (Å²) in [5.74, 6) is 0.0308. The lowest BCUT2D eigenvalue weighted by Crippen LogP contribution is -2.34. The molecule has 1 heterocycles. The molecule has 1 rings (SSSR count). The highest BCUT2D eigenvalue weighted by Gasteiger charge is 2.13. The molecule has 0 aromatic carbocycles. The third kappa shape index (κ3) is 3.31. The molecule has 5 heteroatoms. The monoisotopic (exact) mass is 234 g/mol. The lowest BCUT2D eigenvalue weighted by molar-refractivity contribution is -0.131. The molecule has 1 amide bonds. The van der Waals surface area contributed by atoms with Gasteiger partial charge in [0.25, 0.3) is 0 Å². The Hall–Kier alpha value is -1.83. The first-order valence-electron chi connectivity index (χ1n) is 5.73. The standard InChI is InChI=1S/C12H18N4O/c1-4-15(7-5-6-13)12(17)8-16-9-14-10(2)11(16)3/h9H,4-5,7-8H2,1-3H3. The van der Waals surface area contributed by atoms with E-state index in [2.05, 4.69) is 11.1 Å². The first-order chi connectivity index (χ1) is 8.10. The van der Waals surface area contributed by atoms with Crippen LogP contribution in [0.4, 0.5) is 0 Å². The van der Waals surface area contributed by atoms with Crippen LogP contribution in [-0.2, 0) is 11.3 Å². The highest BCUT2D eigenvalue weighted by atomic mass is 16.2. The van der Waals surface area contributed by atoms with E-state index in [-0.39, 0.29) is 5.91 Å². The first-order valence-corrected chi connectivity index (χ1v) is 5.73. The number of aryl methyl sites for hydroxylation is 1. The van der Waals surface area contributed by atoms with Crippen molar-refractivity contribution in [3.8, 4) is 6.07 Å². The number of imidazole rings is 1. The summed E-state index contributed by atoms with van der Waals surface area (Å²) in [6.45, 7) is 7.21. The number of likely N-dealkylation sites (N-methyl/N-ethyl adjacent to an activating group) is 1. The molecule has 0 N–H and O–H groups in total. The van der Waals surface area contributed by atoms with E-state index in [0.29, 0.717) is 26.1 Å². The molecule has 17 heavy (non-hydrogen) atoms. The number of aromatic nitrogens is 2. The van der Waals surface area contributed by atoms with Gasteiger partial charge in [0.2, 0.25) is 5.91 Å². The van der Waals surface area contributed by atoms with Crippen molar-refractivity contribution in [2.75, 3.05) is 13.1 Å². The fourth-order valence-electron chi connectivity index (χ4n) is 1.59. The average molecular weight is 234 g/mol. The quantitative estimate of drug-likeness (QED) is 0.770. The second kappa shape index (κ2) is 6.04. The number of nitrogens with zero attached hydrogens (tertiary/aromatic N) is 4. The molecule has 0 aliphatic carbocycles. The molecule has 0 saturated carbocycles. The minimum Gasteiger partial charge on any atom is -0.340 e. The van der Waals surface area contributed by atoms with Crippen LogP contribution in [0, 0.1) is 25.2 Å². The molecule has 5 nitrogen and oxygen atoms in total. The van der Waals surface area contributed by atoms with Gasteiger partial charge in [-0.2, -0.15) is 5.26 Å². The highest BCUT2D eigenvalue weighted by molar-refractivity contribution is 5.76. The van der Waals surface area contributed by atoms with E-state index >= 15 is 0 Å². The van der Waals surface area contributed by atoms with Gasteiger partial charge in [-0.05, 0) is 20.8 Å². The maximum Gasteiger partial charge on any atom is 0.242 e. The van der Waals surface area contributed by atoms with E-state index in [9.17, 15) is 4.79 Å². The van der Waals surface area contributed by atoms with E-state index in [1.54, 1.807) is 11.2 Å². The Bertz CT molecular complexity index is 430. The fourth-order valence-corrected chi connectivity index (χ4v) is 1.59. The highest BCUT2D eigenvalue weighted by Crippen LogP contribution is 2.05. The van der Waals surface area contributed by atoms with E-state index in [1.165, 1.54) is 0 Å². The summed E-state index contributed by atoms with van der Waals surface area (Å²) in [7, 11) is 0. The summed E-state index contributed by atoms with van der Waals surface area (Å²) in [4.78, 5) is 17.8. The maximum atomic E-state index is 12.0. The molecule has 0 atom stereocenters. The summed E-state index contributed by atoms with van der Waals surface area (Å²) in [5.41, 5.74) is 1.95. The van der Waals surface area contributed by atoms with Gasteiger partial charge in [0.15, 0.2) is 0 Å². The van der Waals surface area contributed by atoms with Gasteiger partial charge in [-0.3, -0.25) is 4.79 Å². The third-order valence-electron chi connectivity index (χ3n) is 2.88. The van der Waals surface area contributed by atoms with E-state index in [1.807, 2.05) is 25.3 Å². The molecule has 0 saturated heterocycles. The Morgan fingerprint density at radius 2 is 2.29 bits per heavy atom. The number of carbonyl (C=O) groups is 1. The SMILES string of the molecule is CCN(CCC#N)C(=O)Cn1cnc(C)c1C. The zero-order valence-corrected chi connectivity index (χ0v) is 10.6. The van der Waals surface area contributed by atoms with Crippen LogP contribution in [0.2, 0.25) is 0 Å². The fraction of sp³-hybridized carbons (Fsp3) is 0.583. The zero-order valence-electron chi connectivity index (χ0n) is 10.6. The number of rotatable bonds is 5. The van der Waals surface area contributed by atoms with E-state index < -0.39 is 0 Å². The van der Waals surface area contributed by atoms with Gasteiger partial charge >= 0.3 is 0 Å². The maximum absolute atomic E-state index is 12.0. The molecule has 92 valence electrons. The van der Waals surface area contributed by atoms with Crippen LogP contribution in [0.15, 0.2) is 6.33 Å². The predicted octanol–water partition coefficient (Wildman–Crippen LogP) is 1.26. The molecular formula is C12H18N4O. The van der Waals surface area contributed by atoms with Crippen molar-refractivity contribution in [1.29, 1.82) is 5.26 Å². The molecule has 0 spiro atoms. The van der Waals surface area contributed by atoms with E-state index in [4.69, 9.17) is 5.26 Å². The van der Waals surface area contributed by atoms with Gasteiger partial charge in [-0.25, -0.2) is 4.98 Å². The summed E-state index contributed by atoms with van der Waals surface area (Å²) >= 11 is 0. The Morgan fingerprint density at radius 3 is 2.76 bits per heavy atom. The van der Waals surface area contributed by atoms with Gasteiger partial charge in [0.1, 0.15) is 6.54 Å². The summed E-state index contributed by atoms with van der Waals surface area (Å²) in [6.07, 6.45) is 2.06. The van der Waals surface area contributed by atoms with Gasteiger partial charge in [-0.1, -0.05) is 0 Å². The van der Waals surface area contributed by atoms with Crippen molar-refractivity contribution >= 4 is 5.91 Å². The van der Waals surface area contributed by atoms with Gasteiger partial charge < -0.3 is 9.47 Å². The van der Waals surface area contributed by atoms with Crippen LogP contribution >= 0.6 is 0 Å². The Kier molecular flexibility index (Phi) is 4.70. The van der Waals surface area contributed by atoms with Crippen LogP contribution in [0.25, 0.3) is 0 Å². The number of amides is 1. The molecule has 0 aliphatic rings. The minimum atomic E-state index is 0.0308. The molecule has 0 radical (unpaired) electrons. The lowest BCUT2D eigenvalue weighted by atomic mass is 10.3. The molecule has 0 bridgehead atoms. The van der Waals surface area contributed by atoms with Crippen LogP contribution in [0.1, 0.15) is 24.7 Å². The van der Waals surface area contributed by atoms with Crippen molar-refractivity contribution in [1.82, 2.24) is 14.5 Å². The number of nitriles is 1. The third-order valence-corrected chi connectivity index (χ3v) is 2.88. The predicted molar refractivity (Wildman–Crippen MR) is 64.2 cm³/mol. The van der Waals surface area contributed by atoms with Gasteiger partial charge in [0.05, 0.1) is 24.5 Å². The number of hydrogen-bond acceptors (Lipinski definition) is 3. The van der Waals surface area contributed by atoms with Crippen molar-refractivity contribution in [2.45, 2.75) is 33.7 Å². The molecule has 0 aliphatic heterocycles. The lowest BCUT2D eigenvalue weighted by Gasteiger charge is -2.20. The Morgan fingerprint density at radius 1 is 1.59 bits per heavy atom. The largest absolute Gasteiger partial charge is 0.340 e. The Balaban J connectivity index is 2.64. The zero-order chi connectivity index (χ0) is 12.8. The van der Waals surface area contributed by atoms with Gasteiger partial charge in [0, 0.05) is 18.8 Å². The van der Waals surface area contributed by atoms with Crippen molar-refractivity contribution in [3.05, 3.63) is 17.7 Å². The van der Waals surface area contributed by atoms with E-state index in [0.717, 1.165) is 11.4 Å². The van der Waals surface area contributed by atoms with Crippen LogP contribution < -0.4 is 0 Å². The Labute approximate surface area is 102 Å². The summed E-state index contributed by atoms with van der Waals surface area (Å²) in [6, 6.07) is 2.05. The minimum absolute atomic E-state index is 0.0308. The second-order valence-corrected chi connectivity index (χ2v) is 3.92. The van der Waals surface area contributed by atoms with Crippen LogP contribution in [0.3, 0.4) is 0 Å². The first kappa shape index (κ1) is 13.2.